The largest absolute Gasteiger partial charge is 0.472 e. The van der Waals surface area contributed by atoms with Gasteiger partial charge in [0.1, 0.15) is 12.2 Å². The average Bonchev–Trinajstić information content (AvgIpc) is 3.21. The van der Waals surface area contributed by atoms with Crippen molar-refractivity contribution < 1.29 is 47.8 Å². The summed E-state index contributed by atoms with van der Waals surface area (Å²) in [4.78, 5) is 34.5. The molecule has 0 radical (unpaired) electrons. The molecule has 58 heavy (non-hydrogen) atoms. The maximum absolute atomic E-state index is 12.4. The van der Waals surface area contributed by atoms with Gasteiger partial charge in [0, 0.05) is 12.8 Å². The van der Waals surface area contributed by atoms with Crippen molar-refractivity contribution in [2.24, 2.45) is 0 Å². The summed E-state index contributed by atoms with van der Waals surface area (Å²) in [5.74, 6) is -1.02. The van der Waals surface area contributed by atoms with E-state index >= 15 is 0 Å². The summed E-state index contributed by atoms with van der Waals surface area (Å²) in [7, 11) is -4.64. The lowest BCUT2D eigenvalue weighted by Gasteiger charge is -2.20. The van der Waals surface area contributed by atoms with Gasteiger partial charge in [-0.15, -0.1) is 0 Å². The molecular weight excluding hydrogens is 755 g/mol. The topological polar surface area (TPSA) is 149 Å². The molecule has 0 spiro atoms. The number of aliphatic hydroxyl groups excluding tert-OH is 2. The Hall–Kier alpha value is -2.07. The molecule has 0 aromatic heterocycles. The van der Waals surface area contributed by atoms with E-state index in [1.807, 2.05) is 0 Å². The molecule has 0 saturated heterocycles. The molecule has 3 N–H and O–H groups in total. The van der Waals surface area contributed by atoms with Gasteiger partial charge in [-0.05, 0) is 51.4 Å². The third-order valence-corrected chi connectivity index (χ3v) is 10.8. The minimum atomic E-state index is -4.64. The van der Waals surface area contributed by atoms with Crippen LogP contribution in [-0.2, 0) is 32.7 Å². The van der Waals surface area contributed by atoms with E-state index in [1.54, 1.807) is 0 Å². The van der Waals surface area contributed by atoms with Crippen molar-refractivity contribution >= 4 is 19.8 Å². The first-order valence-corrected chi connectivity index (χ1v) is 24.6. The van der Waals surface area contributed by atoms with Crippen LogP contribution in [0.15, 0.2) is 48.6 Å². The molecule has 0 bridgehead atoms. The predicted octanol–water partition coefficient (Wildman–Crippen LogP) is 12.5. The van der Waals surface area contributed by atoms with E-state index in [4.69, 9.17) is 18.5 Å². The van der Waals surface area contributed by atoms with E-state index in [0.29, 0.717) is 12.8 Å². The zero-order chi connectivity index (χ0) is 42.6. The van der Waals surface area contributed by atoms with Gasteiger partial charge in [0.15, 0.2) is 0 Å². The maximum atomic E-state index is 12.4. The van der Waals surface area contributed by atoms with E-state index in [0.717, 1.165) is 70.6 Å². The third kappa shape index (κ3) is 40.7. The summed E-state index contributed by atoms with van der Waals surface area (Å²) in [6.45, 7) is 2.10. The number of ether oxygens (including phenoxy) is 2. The van der Waals surface area contributed by atoms with Crippen LogP contribution in [0.1, 0.15) is 200 Å². The Balaban J connectivity index is 3.86. The average molecular weight is 841 g/mol. The molecule has 3 atom stereocenters. The Morgan fingerprint density at radius 2 is 0.810 bits per heavy atom. The zero-order valence-corrected chi connectivity index (χ0v) is 37.6. The van der Waals surface area contributed by atoms with Crippen LogP contribution in [0.3, 0.4) is 0 Å². The fourth-order valence-corrected chi connectivity index (χ4v) is 7.07. The van der Waals surface area contributed by atoms with Crippen molar-refractivity contribution in [1.82, 2.24) is 0 Å². The highest BCUT2D eigenvalue weighted by molar-refractivity contribution is 7.47. The fourth-order valence-electron chi connectivity index (χ4n) is 6.28. The molecule has 10 nitrogen and oxygen atoms in total. The van der Waals surface area contributed by atoms with E-state index in [9.17, 15) is 29.3 Å². The standard InChI is InChI=1S/C47H85O10P/c1-3-5-7-9-11-13-15-17-18-19-20-21-22-23-24-25-26-27-29-31-33-35-37-39-47(51)57-45(41-49)43-55-58(52,53)54-42-44(40-48)56-46(50)38-36-34-32-30-28-16-14-12-10-8-6-4-2/h5,7,11,13,17-18,20-21,44-45,48-49H,3-4,6,8-10,12,14-16,19,22-43H2,1-2H3,(H,52,53)/b7-5-,13-11-,18-17-,21-20-. The van der Waals surface area contributed by atoms with Gasteiger partial charge in [-0.3, -0.25) is 18.6 Å². The molecule has 0 fully saturated rings. The molecule has 0 aliphatic carbocycles. The van der Waals surface area contributed by atoms with Crippen LogP contribution >= 0.6 is 7.82 Å². The number of phosphoric ester groups is 1. The first-order chi connectivity index (χ1) is 28.3. The van der Waals surface area contributed by atoms with Crippen LogP contribution in [0.4, 0.5) is 0 Å². The Labute approximate surface area is 353 Å². The first kappa shape index (κ1) is 55.9. The van der Waals surface area contributed by atoms with Gasteiger partial charge in [0.25, 0.3) is 0 Å². The van der Waals surface area contributed by atoms with Crippen molar-refractivity contribution in [2.75, 3.05) is 26.4 Å². The molecule has 0 aromatic carbocycles. The van der Waals surface area contributed by atoms with Crippen LogP contribution in [0.2, 0.25) is 0 Å². The lowest BCUT2D eigenvalue weighted by molar-refractivity contribution is -0.153. The number of hydrogen-bond donors (Lipinski definition) is 3. The minimum Gasteiger partial charge on any atom is -0.457 e. The summed E-state index contributed by atoms with van der Waals surface area (Å²) in [6, 6.07) is 0. The lowest BCUT2D eigenvalue weighted by Crippen LogP contribution is -2.28. The highest BCUT2D eigenvalue weighted by Gasteiger charge is 2.27. The SMILES string of the molecule is CC/C=C\C/C=C\C/C=C\C/C=C\CCCCCCCCCCCCC(=O)OC(CO)COP(=O)(O)OCC(CO)OC(=O)CCCCCCCCCCCCCC. The molecule has 3 unspecified atom stereocenters. The Morgan fingerprint density at radius 3 is 1.17 bits per heavy atom. The van der Waals surface area contributed by atoms with Crippen molar-refractivity contribution in [3.63, 3.8) is 0 Å². The molecule has 0 aromatic rings. The number of unbranched alkanes of at least 4 members (excludes halogenated alkanes) is 21. The normalized spacial score (nSPS) is 14.2. The Morgan fingerprint density at radius 1 is 0.483 bits per heavy atom. The number of aliphatic hydroxyl groups is 2. The minimum absolute atomic E-state index is 0.186. The summed E-state index contributed by atoms with van der Waals surface area (Å²) in [6.07, 6.45) is 46.6. The second-order valence-electron chi connectivity index (χ2n) is 15.4. The van der Waals surface area contributed by atoms with Gasteiger partial charge in [-0.25, -0.2) is 4.57 Å². The van der Waals surface area contributed by atoms with Crippen LogP contribution < -0.4 is 0 Å². The van der Waals surface area contributed by atoms with Gasteiger partial charge < -0.3 is 24.6 Å². The van der Waals surface area contributed by atoms with Crippen molar-refractivity contribution in [2.45, 2.75) is 212 Å². The quantitative estimate of drug-likeness (QED) is 0.0234. The number of carbonyl (C=O) groups is 2. The van der Waals surface area contributed by atoms with E-state index in [2.05, 4.69) is 62.5 Å². The number of allylic oxidation sites excluding steroid dienone is 8. The number of hydrogen-bond acceptors (Lipinski definition) is 9. The molecule has 0 amide bonds. The predicted molar refractivity (Wildman–Crippen MR) is 237 cm³/mol. The van der Waals surface area contributed by atoms with E-state index in [-0.39, 0.29) is 12.8 Å². The van der Waals surface area contributed by atoms with Crippen LogP contribution in [0, 0.1) is 0 Å². The van der Waals surface area contributed by atoms with Crippen LogP contribution in [0.25, 0.3) is 0 Å². The number of phosphoric acid groups is 1. The van der Waals surface area contributed by atoms with Crippen LogP contribution in [-0.4, -0.2) is 65.7 Å². The van der Waals surface area contributed by atoms with Gasteiger partial charge in [-0.2, -0.15) is 0 Å². The van der Waals surface area contributed by atoms with E-state index < -0.39 is 58.4 Å². The number of esters is 2. The summed E-state index contributed by atoms with van der Waals surface area (Å²) in [5.41, 5.74) is 0. The van der Waals surface area contributed by atoms with Gasteiger partial charge in [-0.1, -0.05) is 184 Å². The molecule has 0 saturated carbocycles. The monoisotopic (exact) mass is 841 g/mol. The molecule has 0 aliphatic rings. The summed E-state index contributed by atoms with van der Waals surface area (Å²) >= 11 is 0. The van der Waals surface area contributed by atoms with Crippen LogP contribution in [0.5, 0.6) is 0 Å². The molecule has 0 heterocycles. The summed E-state index contributed by atoms with van der Waals surface area (Å²) < 4.78 is 32.6. The second-order valence-corrected chi connectivity index (χ2v) is 16.8. The Kier molecular flexibility index (Phi) is 41.5. The number of carbonyl (C=O) groups excluding carboxylic acids is 2. The third-order valence-electron chi connectivity index (χ3n) is 9.81. The van der Waals surface area contributed by atoms with Crippen molar-refractivity contribution in [3.05, 3.63) is 48.6 Å². The second kappa shape index (κ2) is 43.0. The fraction of sp³-hybridized carbons (Fsp3) is 0.787. The lowest BCUT2D eigenvalue weighted by atomic mass is 10.0. The van der Waals surface area contributed by atoms with Crippen molar-refractivity contribution in [3.8, 4) is 0 Å². The molecule has 338 valence electrons. The van der Waals surface area contributed by atoms with Crippen molar-refractivity contribution in [1.29, 1.82) is 0 Å². The molecule has 11 heteroatoms. The van der Waals surface area contributed by atoms with Gasteiger partial charge in [0.05, 0.1) is 26.4 Å². The van der Waals surface area contributed by atoms with Gasteiger partial charge in [0.2, 0.25) is 0 Å². The number of rotatable bonds is 43. The molecular formula is C47H85O10P. The highest BCUT2D eigenvalue weighted by Crippen LogP contribution is 2.43. The Bertz CT molecular complexity index is 1110. The first-order valence-electron chi connectivity index (χ1n) is 23.1. The van der Waals surface area contributed by atoms with Gasteiger partial charge >= 0.3 is 19.8 Å². The van der Waals surface area contributed by atoms with E-state index in [1.165, 1.54) is 89.9 Å². The summed E-state index contributed by atoms with van der Waals surface area (Å²) in [5, 5.41) is 19.2. The maximum Gasteiger partial charge on any atom is 0.472 e. The zero-order valence-electron chi connectivity index (χ0n) is 36.8. The molecule has 0 aliphatic heterocycles. The smallest absolute Gasteiger partial charge is 0.457 e. The molecule has 0 rings (SSSR count). The highest BCUT2D eigenvalue weighted by atomic mass is 31.2.